The highest BCUT2D eigenvalue weighted by Gasteiger charge is 2.36. The fourth-order valence-corrected chi connectivity index (χ4v) is 6.96. The molecule has 0 aliphatic rings. The van der Waals surface area contributed by atoms with Crippen LogP contribution in [0.2, 0.25) is 0 Å². The normalized spacial score (nSPS) is 13.7. The van der Waals surface area contributed by atoms with Crippen LogP contribution in [0.4, 0.5) is 0 Å². The van der Waals surface area contributed by atoms with Gasteiger partial charge in [0.25, 0.3) is 0 Å². The van der Waals surface area contributed by atoms with Gasteiger partial charge in [-0.1, -0.05) is 110 Å². The molecule has 3 aromatic carbocycles. The van der Waals surface area contributed by atoms with E-state index >= 15 is 0 Å². The van der Waals surface area contributed by atoms with Gasteiger partial charge in [0.1, 0.15) is 11.8 Å². The Balaban J connectivity index is 2.17. The zero-order valence-electron chi connectivity index (χ0n) is 14.7. The highest BCUT2D eigenvalue weighted by molar-refractivity contribution is 8.21. The summed E-state index contributed by atoms with van der Waals surface area (Å²) in [6, 6.07) is 30.0. The molecule has 0 unspecified atom stereocenters. The first-order chi connectivity index (χ1) is 12.6. The second-order valence-corrected chi connectivity index (χ2v) is 10.3. The van der Waals surface area contributed by atoms with Gasteiger partial charge >= 0.3 is 0 Å². The molecule has 0 aliphatic carbocycles. The molecule has 0 radical (unpaired) electrons. The molecule has 0 spiro atoms. The molecule has 0 bridgehead atoms. The average Bonchev–Trinajstić information content (AvgIpc) is 2.74. The molecule has 0 aliphatic heterocycles. The molecule has 3 rings (SSSR count). The highest BCUT2D eigenvalue weighted by atomic mass is 32.4. The Kier molecular flexibility index (Phi) is 5.83. The SMILES string of the molecule is CC[C@](C=O)(NP(=S)(c1ccccc1)c1ccccc1)c1ccccc1. The summed E-state index contributed by atoms with van der Waals surface area (Å²) in [6.07, 6.45) is -0.759. The van der Waals surface area contributed by atoms with E-state index in [1.54, 1.807) is 0 Å². The van der Waals surface area contributed by atoms with Gasteiger partial charge in [0, 0.05) is 10.6 Å². The molecule has 132 valence electrons. The van der Waals surface area contributed by atoms with E-state index in [0.29, 0.717) is 6.42 Å². The predicted octanol–water partition coefficient (Wildman–Crippen LogP) is 4.13. The number of aldehydes is 1. The topological polar surface area (TPSA) is 29.1 Å². The number of carbonyl (C=O) groups excluding carboxylic acids is 1. The van der Waals surface area contributed by atoms with Crippen LogP contribution in [-0.4, -0.2) is 6.29 Å². The van der Waals surface area contributed by atoms with Crippen molar-refractivity contribution in [2.24, 2.45) is 0 Å². The van der Waals surface area contributed by atoms with Crippen LogP contribution in [0, 0.1) is 0 Å². The van der Waals surface area contributed by atoms with Gasteiger partial charge in [-0.05, 0) is 12.0 Å². The summed E-state index contributed by atoms with van der Waals surface area (Å²) in [5.74, 6) is 0. The lowest BCUT2D eigenvalue weighted by molar-refractivity contribution is -0.113. The lowest BCUT2D eigenvalue weighted by Gasteiger charge is -2.36. The molecule has 1 atom stereocenters. The Morgan fingerprint density at radius 3 is 1.65 bits per heavy atom. The van der Waals surface area contributed by atoms with Crippen LogP contribution >= 0.6 is 6.19 Å². The molecule has 0 saturated heterocycles. The van der Waals surface area contributed by atoms with Crippen molar-refractivity contribution < 1.29 is 4.79 Å². The van der Waals surface area contributed by atoms with Crippen molar-refractivity contribution in [3.8, 4) is 0 Å². The van der Waals surface area contributed by atoms with Gasteiger partial charge in [0.15, 0.2) is 0 Å². The van der Waals surface area contributed by atoms with Crippen molar-refractivity contribution in [1.29, 1.82) is 0 Å². The lowest BCUT2D eigenvalue weighted by atomic mass is 9.90. The van der Waals surface area contributed by atoms with E-state index in [2.05, 4.69) is 29.4 Å². The van der Waals surface area contributed by atoms with E-state index < -0.39 is 11.7 Å². The molecule has 26 heavy (non-hydrogen) atoms. The lowest BCUT2D eigenvalue weighted by Crippen LogP contribution is -2.45. The Hall–Kier alpha value is -2.06. The van der Waals surface area contributed by atoms with Crippen LogP contribution in [0.25, 0.3) is 0 Å². The summed E-state index contributed by atoms with van der Waals surface area (Å²) >= 11 is 6.26. The molecule has 0 saturated carbocycles. The second kappa shape index (κ2) is 8.09. The molecule has 0 heterocycles. The summed E-state index contributed by atoms with van der Waals surface area (Å²) < 4.78 is 0. The Morgan fingerprint density at radius 2 is 1.27 bits per heavy atom. The van der Waals surface area contributed by atoms with Crippen LogP contribution in [-0.2, 0) is 22.1 Å². The van der Waals surface area contributed by atoms with Gasteiger partial charge in [0.05, 0.1) is 6.19 Å². The summed E-state index contributed by atoms with van der Waals surface area (Å²) in [7, 11) is 0. The fraction of sp³-hybridized carbons (Fsp3) is 0.136. The minimum Gasteiger partial charge on any atom is -0.301 e. The van der Waals surface area contributed by atoms with Gasteiger partial charge in [-0.2, -0.15) is 0 Å². The first-order valence-electron chi connectivity index (χ1n) is 8.67. The van der Waals surface area contributed by atoms with Gasteiger partial charge in [0.2, 0.25) is 0 Å². The number of nitrogens with one attached hydrogen (secondary N) is 1. The van der Waals surface area contributed by atoms with Gasteiger partial charge in [-0.25, -0.2) is 0 Å². The van der Waals surface area contributed by atoms with Crippen molar-refractivity contribution >= 4 is 34.9 Å². The average molecular weight is 379 g/mol. The third-order valence-corrected chi connectivity index (χ3v) is 8.95. The van der Waals surface area contributed by atoms with Crippen molar-refractivity contribution in [2.75, 3.05) is 0 Å². The summed E-state index contributed by atoms with van der Waals surface area (Å²) in [5.41, 5.74) is 0.126. The number of hydrogen-bond donors (Lipinski definition) is 1. The minimum atomic E-state index is -2.39. The standard InChI is InChI=1S/C22H22NOPS/c1-2-22(18-24,19-12-6-3-7-13-19)23-25(26,20-14-8-4-9-15-20)21-16-10-5-11-17-21/h3-18H,2H2,1H3,(H,23,26)/t22-/m1/s1. The first-order valence-corrected chi connectivity index (χ1v) is 11.5. The predicted molar refractivity (Wildman–Crippen MR) is 114 cm³/mol. The quantitative estimate of drug-likeness (QED) is 0.494. The zero-order chi connectivity index (χ0) is 18.5. The molecule has 0 amide bonds. The fourth-order valence-electron chi connectivity index (χ4n) is 3.10. The number of hydrogen-bond acceptors (Lipinski definition) is 2. The van der Waals surface area contributed by atoms with Crippen molar-refractivity contribution in [2.45, 2.75) is 18.9 Å². The van der Waals surface area contributed by atoms with Crippen molar-refractivity contribution in [3.63, 3.8) is 0 Å². The molecular formula is C22H22NOPS. The monoisotopic (exact) mass is 379 g/mol. The van der Waals surface area contributed by atoms with E-state index in [0.717, 1.165) is 22.5 Å². The Morgan fingerprint density at radius 1 is 0.846 bits per heavy atom. The number of benzene rings is 3. The molecule has 0 fully saturated rings. The summed E-state index contributed by atoms with van der Waals surface area (Å²) in [6.45, 7) is 2.02. The van der Waals surface area contributed by atoms with E-state index in [9.17, 15) is 4.79 Å². The highest BCUT2D eigenvalue weighted by Crippen LogP contribution is 2.44. The number of carbonyl (C=O) groups is 1. The second-order valence-electron chi connectivity index (χ2n) is 6.20. The molecule has 2 nitrogen and oxygen atoms in total. The minimum absolute atomic E-state index is 0.624. The van der Waals surface area contributed by atoms with Crippen LogP contribution in [0.3, 0.4) is 0 Å². The third kappa shape index (κ3) is 3.57. The maximum absolute atomic E-state index is 12.3. The maximum atomic E-state index is 12.3. The molecule has 4 heteroatoms. The number of rotatable bonds is 7. The Bertz CT molecular complexity index is 856. The van der Waals surface area contributed by atoms with E-state index in [1.807, 2.05) is 73.7 Å². The summed E-state index contributed by atoms with van der Waals surface area (Å²) in [5, 5.41) is 5.76. The summed E-state index contributed by atoms with van der Waals surface area (Å²) in [4.78, 5) is 12.3. The molecule has 3 aromatic rings. The molecule has 0 aromatic heterocycles. The van der Waals surface area contributed by atoms with Gasteiger partial charge in [-0.3, -0.25) is 5.09 Å². The first kappa shape index (κ1) is 18.7. The Labute approximate surface area is 160 Å². The van der Waals surface area contributed by atoms with E-state index in [-0.39, 0.29) is 0 Å². The van der Waals surface area contributed by atoms with Gasteiger partial charge < -0.3 is 4.79 Å². The molecule has 1 N–H and O–H groups in total. The largest absolute Gasteiger partial charge is 0.301 e. The van der Waals surface area contributed by atoms with Crippen LogP contribution in [0.5, 0.6) is 0 Å². The van der Waals surface area contributed by atoms with E-state index in [1.165, 1.54) is 0 Å². The smallest absolute Gasteiger partial charge is 0.144 e. The maximum Gasteiger partial charge on any atom is 0.144 e. The van der Waals surface area contributed by atoms with Crippen LogP contribution < -0.4 is 15.7 Å². The molecular weight excluding hydrogens is 357 g/mol. The zero-order valence-corrected chi connectivity index (χ0v) is 16.4. The van der Waals surface area contributed by atoms with Crippen LogP contribution in [0.1, 0.15) is 18.9 Å². The van der Waals surface area contributed by atoms with E-state index in [4.69, 9.17) is 11.8 Å². The third-order valence-electron chi connectivity index (χ3n) is 4.64. The van der Waals surface area contributed by atoms with Crippen molar-refractivity contribution in [1.82, 2.24) is 5.09 Å². The van der Waals surface area contributed by atoms with Crippen LogP contribution in [0.15, 0.2) is 91.0 Å². The van der Waals surface area contributed by atoms with Crippen molar-refractivity contribution in [3.05, 3.63) is 96.6 Å². The van der Waals surface area contributed by atoms with Gasteiger partial charge in [-0.15, -0.1) is 0 Å².